The van der Waals surface area contributed by atoms with Gasteiger partial charge in [-0.05, 0) is 71.7 Å². The van der Waals surface area contributed by atoms with Crippen LogP contribution in [0.4, 0.5) is 0 Å². The highest BCUT2D eigenvalue weighted by molar-refractivity contribution is 7.80. The van der Waals surface area contributed by atoms with Crippen LogP contribution in [0.3, 0.4) is 0 Å². The lowest BCUT2D eigenvalue weighted by Crippen LogP contribution is -2.62. The first-order valence-corrected chi connectivity index (χ1v) is 12.2. The maximum absolute atomic E-state index is 5.97. The zero-order valence-electron chi connectivity index (χ0n) is 20.2. The maximum Gasteiger partial charge on any atom is 0.169 e. The van der Waals surface area contributed by atoms with Crippen molar-refractivity contribution in [3.63, 3.8) is 0 Å². The highest BCUT2D eigenvalue weighted by atomic mass is 32.1. The molecule has 2 fully saturated rings. The summed E-state index contributed by atoms with van der Waals surface area (Å²) < 4.78 is 5.49. The molecule has 1 aromatic rings. The second-order valence-electron chi connectivity index (χ2n) is 10.7. The molecule has 3 rings (SSSR count). The molecule has 0 radical (unpaired) electrons. The van der Waals surface area contributed by atoms with E-state index in [1.165, 1.54) is 11.1 Å². The molecule has 2 aliphatic rings. The number of nitrogens with zero attached hydrogens (tertiary/aromatic N) is 2. The summed E-state index contributed by atoms with van der Waals surface area (Å²) in [6.07, 6.45) is 3.25. The predicted molar refractivity (Wildman–Crippen MR) is 134 cm³/mol. The molecule has 6 heteroatoms. The molecule has 0 atom stereocenters. The van der Waals surface area contributed by atoms with E-state index in [1.54, 1.807) is 0 Å². The molecule has 31 heavy (non-hydrogen) atoms. The van der Waals surface area contributed by atoms with Gasteiger partial charge in [0.1, 0.15) is 0 Å². The van der Waals surface area contributed by atoms with E-state index < -0.39 is 0 Å². The molecular formula is C25H42N4OS. The van der Waals surface area contributed by atoms with E-state index in [0.717, 1.165) is 70.3 Å². The first kappa shape index (κ1) is 24.4. The van der Waals surface area contributed by atoms with Crippen molar-refractivity contribution >= 4 is 17.3 Å². The number of hydrogen-bond donors (Lipinski definition) is 2. The normalized spacial score (nSPS) is 21.6. The van der Waals surface area contributed by atoms with E-state index >= 15 is 0 Å². The molecule has 2 N–H and O–H groups in total. The standard InChI is InChI=1S/C25H42N4OS/c1-20-8-6-9-21(16-20)19-29(11-7-10-28-12-14-30-15-13-28)23(31)26-22-17-24(2,3)27-25(4,5)18-22/h6,8-9,16,22,27H,7,10-15,17-19H2,1-5H3,(H,26,31). The van der Waals surface area contributed by atoms with Crippen molar-refractivity contribution in [2.24, 2.45) is 0 Å². The molecular weight excluding hydrogens is 404 g/mol. The van der Waals surface area contributed by atoms with E-state index in [4.69, 9.17) is 17.0 Å². The molecule has 0 aliphatic carbocycles. The minimum Gasteiger partial charge on any atom is -0.379 e. The molecule has 0 amide bonds. The molecule has 174 valence electrons. The number of nitrogens with one attached hydrogen (secondary N) is 2. The molecule has 2 heterocycles. The molecule has 0 spiro atoms. The Labute approximate surface area is 194 Å². The van der Waals surface area contributed by atoms with Crippen molar-refractivity contribution in [3.05, 3.63) is 35.4 Å². The highest BCUT2D eigenvalue weighted by Crippen LogP contribution is 2.28. The van der Waals surface area contributed by atoms with Crippen molar-refractivity contribution in [3.8, 4) is 0 Å². The van der Waals surface area contributed by atoms with Gasteiger partial charge in [-0.25, -0.2) is 0 Å². The smallest absolute Gasteiger partial charge is 0.169 e. The van der Waals surface area contributed by atoms with Gasteiger partial charge < -0.3 is 20.3 Å². The minimum absolute atomic E-state index is 0.104. The van der Waals surface area contributed by atoms with Gasteiger partial charge in [0.15, 0.2) is 5.11 Å². The third kappa shape index (κ3) is 8.01. The van der Waals surface area contributed by atoms with Crippen LogP contribution in [-0.4, -0.2) is 71.4 Å². The Morgan fingerprint density at radius 3 is 2.52 bits per heavy atom. The van der Waals surface area contributed by atoms with Crippen molar-refractivity contribution in [1.29, 1.82) is 0 Å². The van der Waals surface area contributed by atoms with Gasteiger partial charge in [-0.1, -0.05) is 29.8 Å². The van der Waals surface area contributed by atoms with Crippen molar-refractivity contribution < 1.29 is 4.74 Å². The fourth-order valence-electron chi connectivity index (χ4n) is 5.28. The Balaban J connectivity index is 1.63. The third-order valence-corrected chi connectivity index (χ3v) is 6.64. The van der Waals surface area contributed by atoms with E-state index in [-0.39, 0.29) is 11.1 Å². The minimum atomic E-state index is 0.104. The van der Waals surface area contributed by atoms with Gasteiger partial charge in [-0.2, -0.15) is 0 Å². The summed E-state index contributed by atoms with van der Waals surface area (Å²) in [4.78, 5) is 4.87. The molecule has 2 saturated heterocycles. The summed E-state index contributed by atoms with van der Waals surface area (Å²) in [5.41, 5.74) is 2.83. The second-order valence-corrected chi connectivity index (χ2v) is 11.1. The molecule has 2 aliphatic heterocycles. The first-order chi connectivity index (χ1) is 14.6. The van der Waals surface area contributed by atoms with Gasteiger partial charge in [0.2, 0.25) is 0 Å². The fraction of sp³-hybridized carbons (Fsp3) is 0.720. The van der Waals surface area contributed by atoms with Crippen LogP contribution in [0.15, 0.2) is 24.3 Å². The highest BCUT2D eigenvalue weighted by Gasteiger charge is 2.38. The van der Waals surface area contributed by atoms with Crippen LogP contribution in [0.1, 0.15) is 58.1 Å². The molecule has 1 aromatic carbocycles. The third-order valence-electron chi connectivity index (χ3n) is 6.27. The summed E-state index contributed by atoms with van der Waals surface area (Å²) in [5, 5.41) is 8.40. The first-order valence-electron chi connectivity index (χ1n) is 11.8. The number of aryl methyl sites for hydroxylation is 1. The number of piperidine rings is 1. The number of morpholine rings is 1. The molecule has 0 unspecified atom stereocenters. The molecule has 0 bridgehead atoms. The largest absolute Gasteiger partial charge is 0.379 e. The van der Waals surface area contributed by atoms with Gasteiger partial charge in [0, 0.05) is 49.8 Å². The lowest BCUT2D eigenvalue weighted by atomic mass is 9.80. The Hall–Kier alpha value is -1.21. The number of hydrogen-bond acceptors (Lipinski definition) is 4. The van der Waals surface area contributed by atoms with Gasteiger partial charge in [0.05, 0.1) is 13.2 Å². The van der Waals surface area contributed by atoms with Crippen molar-refractivity contribution in [2.75, 3.05) is 39.4 Å². The lowest BCUT2D eigenvalue weighted by molar-refractivity contribution is 0.0367. The summed E-state index contributed by atoms with van der Waals surface area (Å²) in [6, 6.07) is 9.17. The van der Waals surface area contributed by atoms with Crippen LogP contribution >= 0.6 is 12.2 Å². The van der Waals surface area contributed by atoms with E-state index in [9.17, 15) is 0 Å². The number of benzene rings is 1. The second kappa shape index (κ2) is 10.6. The number of rotatable bonds is 7. The quantitative estimate of drug-likeness (QED) is 0.623. The van der Waals surface area contributed by atoms with Crippen LogP contribution in [0.2, 0.25) is 0 Å². The lowest BCUT2D eigenvalue weighted by Gasteiger charge is -2.47. The zero-order valence-corrected chi connectivity index (χ0v) is 21.0. The summed E-state index contributed by atoms with van der Waals surface area (Å²) in [6.45, 7) is 18.0. The van der Waals surface area contributed by atoms with Crippen LogP contribution in [-0.2, 0) is 11.3 Å². The summed E-state index contributed by atoms with van der Waals surface area (Å²) >= 11 is 5.97. The van der Waals surface area contributed by atoms with Gasteiger partial charge in [0.25, 0.3) is 0 Å². The molecule has 5 nitrogen and oxygen atoms in total. The number of thiocarbonyl (C=S) groups is 1. The van der Waals surface area contributed by atoms with E-state index in [0.29, 0.717) is 6.04 Å². The van der Waals surface area contributed by atoms with Crippen LogP contribution in [0.25, 0.3) is 0 Å². The Bertz CT molecular complexity index is 714. The van der Waals surface area contributed by atoms with Crippen LogP contribution < -0.4 is 10.6 Å². The van der Waals surface area contributed by atoms with E-state index in [1.807, 2.05) is 0 Å². The maximum atomic E-state index is 5.97. The van der Waals surface area contributed by atoms with Gasteiger partial charge in [-0.15, -0.1) is 0 Å². The fourth-order valence-corrected chi connectivity index (χ4v) is 5.61. The van der Waals surface area contributed by atoms with Gasteiger partial charge in [-0.3, -0.25) is 4.90 Å². The molecule has 0 saturated carbocycles. The summed E-state index contributed by atoms with van der Waals surface area (Å²) in [5.74, 6) is 0. The van der Waals surface area contributed by atoms with Crippen molar-refractivity contribution in [2.45, 2.75) is 77.5 Å². The molecule has 0 aromatic heterocycles. The summed E-state index contributed by atoms with van der Waals surface area (Å²) in [7, 11) is 0. The average molecular weight is 447 g/mol. The Kier molecular flexibility index (Phi) is 8.36. The Morgan fingerprint density at radius 1 is 1.19 bits per heavy atom. The predicted octanol–water partition coefficient (Wildman–Crippen LogP) is 3.70. The van der Waals surface area contributed by atoms with Crippen LogP contribution in [0, 0.1) is 6.92 Å². The van der Waals surface area contributed by atoms with Crippen molar-refractivity contribution in [1.82, 2.24) is 20.4 Å². The Morgan fingerprint density at radius 2 is 1.87 bits per heavy atom. The monoisotopic (exact) mass is 446 g/mol. The number of ether oxygens (including phenoxy) is 1. The van der Waals surface area contributed by atoms with Crippen LogP contribution in [0.5, 0.6) is 0 Å². The van der Waals surface area contributed by atoms with E-state index in [2.05, 4.69) is 79.3 Å². The zero-order chi connectivity index (χ0) is 22.5. The van der Waals surface area contributed by atoms with Gasteiger partial charge >= 0.3 is 0 Å². The SMILES string of the molecule is Cc1cccc(CN(CCCN2CCOCC2)C(=S)NC2CC(C)(C)NC(C)(C)C2)c1. The topological polar surface area (TPSA) is 39.8 Å². The average Bonchev–Trinajstić information content (AvgIpc) is 2.65.